The van der Waals surface area contributed by atoms with Crippen molar-refractivity contribution in [2.24, 2.45) is 0 Å². The number of carbonyl (C=O) groups excluding carboxylic acids is 1. The predicted molar refractivity (Wildman–Crippen MR) is 118 cm³/mol. The third-order valence-corrected chi connectivity index (χ3v) is 4.73. The molecule has 0 aliphatic rings. The Morgan fingerprint density at radius 2 is 1.84 bits per heavy atom. The number of aliphatic hydroxyl groups is 2. The van der Waals surface area contributed by atoms with Crippen molar-refractivity contribution in [3.63, 3.8) is 0 Å². The second-order valence-electron chi connectivity index (χ2n) is 7.41. The monoisotopic (exact) mass is 424 g/mol. The number of nitrogens with one attached hydrogen (secondary N) is 1. The first kappa shape index (κ1) is 22.4. The second-order valence-corrected chi connectivity index (χ2v) is 7.41. The summed E-state index contributed by atoms with van der Waals surface area (Å²) >= 11 is 0. The molecule has 0 aliphatic carbocycles. The Labute approximate surface area is 181 Å². The van der Waals surface area contributed by atoms with E-state index in [0.717, 1.165) is 16.8 Å². The summed E-state index contributed by atoms with van der Waals surface area (Å²) in [6, 6.07) is 7.83. The minimum absolute atomic E-state index is 0.0232. The number of anilines is 2. The van der Waals surface area contributed by atoms with Gasteiger partial charge in [-0.1, -0.05) is 6.07 Å². The highest BCUT2D eigenvalue weighted by atomic mass is 16.3. The molecule has 1 aromatic carbocycles. The summed E-state index contributed by atoms with van der Waals surface area (Å²) in [5, 5.41) is 26.0. The predicted octanol–water partition coefficient (Wildman–Crippen LogP) is 2.15. The van der Waals surface area contributed by atoms with Crippen molar-refractivity contribution in [2.75, 3.05) is 31.6 Å². The van der Waals surface area contributed by atoms with E-state index >= 15 is 0 Å². The maximum absolute atomic E-state index is 12.9. The van der Waals surface area contributed by atoms with Gasteiger partial charge in [-0.2, -0.15) is 10.1 Å². The Hall–Kier alpha value is -3.30. The maximum atomic E-state index is 12.9. The third kappa shape index (κ3) is 5.65. The third-order valence-electron chi connectivity index (χ3n) is 4.73. The van der Waals surface area contributed by atoms with Gasteiger partial charge in [0.1, 0.15) is 0 Å². The van der Waals surface area contributed by atoms with E-state index < -0.39 is 0 Å². The summed E-state index contributed by atoms with van der Waals surface area (Å²) in [6.45, 7) is 6.19. The number of nitrogens with zero attached hydrogens (tertiary/aromatic N) is 5. The minimum atomic E-state index is -0.242. The van der Waals surface area contributed by atoms with Crippen LogP contribution in [0.3, 0.4) is 0 Å². The van der Waals surface area contributed by atoms with Crippen LogP contribution in [0.1, 0.15) is 33.6 Å². The second kappa shape index (κ2) is 10.1. The van der Waals surface area contributed by atoms with Crippen LogP contribution in [0.4, 0.5) is 11.6 Å². The molecule has 0 aliphatic heterocycles. The van der Waals surface area contributed by atoms with Crippen LogP contribution in [0.15, 0.2) is 36.7 Å². The van der Waals surface area contributed by atoms with E-state index in [9.17, 15) is 9.90 Å². The summed E-state index contributed by atoms with van der Waals surface area (Å²) in [5.74, 6) is 0.704. The number of carbonyl (C=O) groups is 1. The van der Waals surface area contributed by atoms with Crippen molar-refractivity contribution < 1.29 is 15.0 Å². The number of rotatable bonds is 9. The Kier molecular flexibility index (Phi) is 7.32. The molecule has 0 atom stereocenters. The molecule has 31 heavy (non-hydrogen) atoms. The Morgan fingerprint density at radius 1 is 1.10 bits per heavy atom. The zero-order valence-electron chi connectivity index (χ0n) is 18.0. The van der Waals surface area contributed by atoms with Crippen molar-refractivity contribution >= 4 is 17.5 Å². The van der Waals surface area contributed by atoms with Gasteiger partial charge in [-0.05, 0) is 50.5 Å². The van der Waals surface area contributed by atoms with Crippen molar-refractivity contribution in [1.29, 1.82) is 0 Å². The van der Waals surface area contributed by atoms with E-state index in [1.807, 2.05) is 26.0 Å². The average molecular weight is 425 g/mol. The Morgan fingerprint density at radius 3 is 2.52 bits per heavy atom. The van der Waals surface area contributed by atoms with Gasteiger partial charge < -0.3 is 20.4 Å². The van der Waals surface area contributed by atoms with Crippen LogP contribution in [0.25, 0.3) is 5.82 Å². The molecule has 0 saturated heterocycles. The number of aliphatic hydroxyl groups excluding tert-OH is 2. The first-order valence-corrected chi connectivity index (χ1v) is 10.2. The van der Waals surface area contributed by atoms with E-state index in [-0.39, 0.29) is 25.7 Å². The summed E-state index contributed by atoms with van der Waals surface area (Å²) in [7, 11) is 0. The van der Waals surface area contributed by atoms with Crippen LogP contribution in [-0.4, -0.2) is 67.1 Å². The molecule has 1 amide bonds. The quantitative estimate of drug-likeness (QED) is 0.482. The Bertz CT molecular complexity index is 1030. The lowest BCUT2D eigenvalue weighted by Gasteiger charge is -2.20. The number of amides is 1. The van der Waals surface area contributed by atoms with Gasteiger partial charge in [-0.3, -0.25) is 4.79 Å². The molecular weight excluding hydrogens is 396 g/mol. The van der Waals surface area contributed by atoms with E-state index in [2.05, 4.69) is 26.4 Å². The summed E-state index contributed by atoms with van der Waals surface area (Å²) in [5.41, 5.74) is 4.15. The maximum Gasteiger partial charge on any atom is 0.257 e. The molecule has 0 unspecified atom stereocenters. The zero-order chi connectivity index (χ0) is 22.4. The Balaban J connectivity index is 1.84. The van der Waals surface area contributed by atoms with Gasteiger partial charge in [0.2, 0.25) is 5.95 Å². The molecule has 0 bridgehead atoms. The van der Waals surface area contributed by atoms with Crippen molar-refractivity contribution in [1.82, 2.24) is 24.6 Å². The van der Waals surface area contributed by atoms with E-state index in [1.54, 1.807) is 30.1 Å². The smallest absolute Gasteiger partial charge is 0.257 e. The molecule has 0 spiro atoms. The lowest BCUT2D eigenvalue weighted by atomic mass is 10.1. The number of benzene rings is 1. The van der Waals surface area contributed by atoms with Gasteiger partial charge in [0.05, 0.1) is 17.9 Å². The number of aromatic nitrogens is 4. The van der Waals surface area contributed by atoms with Crippen molar-refractivity contribution in [3.8, 4) is 5.82 Å². The first-order chi connectivity index (χ1) is 14.9. The van der Waals surface area contributed by atoms with Gasteiger partial charge in [-0.25, -0.2) is 9.67 Å². The normalized spacial score (nSPS) is 10.9. The first-order valence-electron chi connectivity index (χ1n) is 10.2. The lowest BCUT2D eigenvalue weighted by Crippen LogP contribution is -2.35. The van der Waals surface area contributed by atoms with Crippen LogP contribution >= 0.6 is 0 Å². The zero-order valence-corrected chi connectivity index (χ0v) is 18.0. The van der Waals surface area contributed by atoms with Crippen LogP contribution in [0.5, 0.6) is 0 Å². The van der Waals surface area contributed by atoms with Crippen molar-refractivity contribution in [2.45, 2.75) is 27.2 Å². The van der Waals surface area contributed by atoms with Gasteiger partial charge in [0, 0.05) is 43.8 Å². The highest BCUT2D eigenvalue weighted by Crippen LogP contribution is 2.19. The van der Waals surface area contributed by atoms with E-state index in [0.29, 0.717) is 36.0 Å². The lowest BCUT2D eigenvalue weighted by molar-refractivity contribution is 0.0709. The molecule has 164 valence electrons. The molecule has 0 radical (unpaired) electrons. The average Bonchev–Trinajstić information content (AvgIpc) is 3.12. The number of aryl methyl sites for hydroxylation is 3. The SMILES string of the molecule is Cc1cc(C)cc(Nc2nccc(-n3cc(C(=O)N(CCO)CCCO)c(C)n3)n2)c1. The summed E-state index contributed by atoms with van der Waals surface area (Å²) in [4.78, 5) is 23.2. The fraction of sp³-hybridized carbons (Fsp3) is 0.364. The van der Waals surface area contributed by atoms with Crippen molar-refractivity contribution in [3.05, 3.63) is 59.0 Å². The molecule has 3 rings (SSSR count). The topological polar surface area (TPSA) is 116 Å². The molecule has 3 aromatic rings. The van der Waals surface area contributed by atoms with Crippen LogP contribution in [0, 0.1) is 20.8 Å². The van der Waals surface area contributed by atoms with Gasteiger partial charge in [0.25, 0.3) is 5.91 Å². The van der Waals surface area contributed by atoms with Crippen LogP contribution < -0.4 is 5.32 Å². The van der Waals surface area contributed by atoms with Crippen LogP contribution in [0.2, 0.25) is 0 Å². The highest BCUT2D eigenvalue weighted by molar-refractivity contribution is 5.95. The van der Waals surface area contributed by atoms with E-state index in [4.69, 9.17) is 5.11 Å². The van der Waals surface area contributed by atoms with E-state index in [1.165, 1.54) is 4.90 Å². The van der Waals surface area contributed by atoms with Gasteiger partial charge >= 0.3 is 0 Å². The van der Waals surface area contributed by atoms with Gasteiger partial charge in [0.15, 0.2) is 5.82 Å². The fourth-order valence-electron chi connectivity index (χ4n) is 3.37. The molecule has 0 saturated carbocycles. The molecular formula is C22H28N6O3. The summed E-state index contributed by atoms with van der Waals surface area (Å²) in [6.07, 6.45) is 3.70. The largest absolute Gasteiger partial charge is 0.396 e. The fourth-order valence-corrected chi connectivity index (χ4v) is 3.37. The highest BCUT2D eigenvalue weighted by Gasteiger charge is 2.20. The number of hydrogen-bond acceptors (Lipinski definition) is 7. The van der Waals surface area contributed by atoms with Gasteiger partial charge in [-0.15, -0.1) is 0 Å². The number of hydrogen-bond donors (Lipinski definition) is 3. The van der Waals surface area contributed by atoms with Crippen LogP contribution in [-0.2, 0) is 0 Å². The standard InChI is InChI=1S/C22H28N6O3/c1-15-11-16(2)13-18(12-15)24-22-23-6-5-20(25-22)28-14-19(17(3)26-28)21(31)27(8-10-30)7-4-9-29/h5-6,11-14,29-30H,4,7-10H2,1-3H3,(H,23,24,25). The molecule has 2 heterocycles. The summed E-state index contributed by atoms with van der Waals surface area (Å²) < 4.78 is 1.54. The molecule has 3 N–H and O–H groups in total. The minimum Gasteiger partial charge on any atom is -0.396 e. The molecule has 9 heteroatoms. The molecule has 9 nitrogen and oxygen atoms in total. The molecule has 0 fully saturated rings. The molecule has 2 aromatic heterocycles.